The van der Waals surface area contributed by atoms with Crippen molar-refractivity contribution in [2.75, 3.05) is 33.2 Å². The van der Waals surface area contributed by atoms with Crippen LogP contribution in [0.15, 0.2) is 59.4 Å². The van der Waals surface area contributed by atoms with E-state index < -0.39 is 6.16 Å². The highest BCUT2D eigenvalue weighted by Crippen LogP contribution is 2.42. The summed E-state index contributed by atoms with van der Waals surface area (Å²) in [6.07, 6.45) is 10.1. The molecule has 3 aliphatic heterocycles. The van der Waals surface area contributed by atoms with Gasteiger partial charge in [0, 0.05) is 32.4 Å². The summed E-state index contributed by atoms with van der Waals surface area (Å²) in [5.41, 5.74) is 2.19. The number of carbonyl (C=O) groups excluding carboxylic acids is 1. The molecule has 8 nitrogen and oxygen atoms in total. The summed E-state index contributed by atoms with van der Waals surface area (Å²) in [5, 5.41) is 8.93. The molecule has 0 aromatic rings. The third-order valence-electron chi connectivity index (χ3n) is 6.12. The second kappa shape index (κ2) is 6.81. The van der Waals surface area contributed by atoms with Gasteiger partial charge in [-0.1, -0.05) is 12.2 Å². The number of piperazine rings is 1. The third kappa shape index (κ3) is 3.04. The summed E-state index contributed by atoms with van der Waals surface area (Å²) in [6.45, 7) is 3.83. The maximum absolute atomic E-state index is 12.4. The molecule has 0 spiro atoms. The Morgan fingerprint density at radius 3 is 2.79 bits per heavy atom. The van der Waals surface area contributed by atoms with E-state index in [2.05, 4.69) is 40.0 Å². The number of ketones is 1. The van der Waals surface area contributed by atoms with Crippen molar-refractivity contribution in [2.45, 2.75) is 24.6 Å². The molecule has 5 aliphatic rings. The molecule has 2 aliphatic carbocycles. The van der Waals surface area contributed by atoms with Gasteiger partial charge in [-0.25, -0.2) is 4.79 Å². The van der Waals surface area contributed by atoms with Gasteiger partial charge >= 0.3 is 6.16 Å². The summed E-state index contributed by atoms with van der Waals surface area (Å²) >= 11 is 0. The molecule has 0 bridgehead atoms. The van der Waals surface area contributed by atoms with E-state index in [1.165, 1.54) is 0 Å². The number of allylic oxidation sites excluding steroid dienone is 4. The van der Waals surface area contributed by atoms with Crippen molar-refractivity contribution >= 4 is 11.9 Å². The molecule has 0 aromatic carbocycles. The lowest BCUT2D eigenvalue weighted by molar-refractivity contribution is -0.124. The fraction of sp³-hybridized carbons (Fsp3) is 0.429. The number of carbonyl (C=O) groups is 2. The Bertz CT molecular complexity index is 907. The molecule has 8 heteroatoms. The molecule has 0 saturated carbocycles. The largest absolute Gasteiger partial charge is 0.511 e. The first-order chi connectivity index (χ1) is 14.0. The lowest BCUT2D eigenvalue weighted by Gasteiger charge is -2.51. The van der Waals surface area contributed by atoms with Gasteiger partial charge in [0.05, 0.1) is 18.2 Å². The second-order valence-electron chi connectivity index (χ2n) is 7.90. The number of morpholine rings is 1. The molecule has 0 radical (unpaired) electrons. The van der Waals surface area contributed by atoms with Gasteiger partial charge in [0.1, 0.15) is 17.9 Å². The average molecular weight is 397 g/mol. The first-order valence-corrected chi connectivity index (χ1v) is 9.85. The van der Waals surface area contributed by atoms with E-state index in [0.29, 0.717) is 0 Å². The molecule has 5 rings (SSSR count). The monoisotopic (exact) mass is 397 g/mol. The summed E-state index contributed by atoms with van der Waals surface area (Å²) in [6, 6.07) is -0.354. The maximum atomic E-state index is 12.4. The van der Waals surface area contributed by atoms with Crippen molar-refractivity contribution in [3.8, 4) is 0 Å². The molecule has 0 aromatic heterocycles. The highest BCUT2D eigenvalue weighted by molar-refractivity contribution is 5.96. The normalized spacial score (nSPS) is 30.9. The van der Waals surface area contributed by atoms with Crippen LogP contribution >= 0.6 is 0 Å². The Balaban J connectivity index is 1.52. The van der Waals surface area contributed by atoms with Crippen LogP contribution in [-0.2, 0) is 14.3 Å². The van der Waals surface area contributed by atoms with E-state index in [-0.39, 0.29) is 36.2 Å². The number of Topliss-reactive ketones (excluding diaryl/α,β-unsaturated/α-hetero) is 1. The predicted molar refractivity (Wildman–Crippen MR) is 104 cm³/mol. The minimum Gasteiger partial charge on any atom is -0.487 e. The third-order valence-corrected chi connectivity index (χ3v) is 6.12. The second-order valence-corrected chi connectivity index (χ2v) is 7.90. The Morgan fingerprint density at radius 1 is 1.24 bits per heavy atom. The Hall–Kier alpha value is -3.00. The zero-order valence-corrected chi connectivity index (χ0v) is 16.2. The van der Waals surface area contributed by atoms with Gasteiger partial charge < -0.3 is 29.3 Å². The summed E-state index contributed by atoms with van der Waals surface area (Å²) in [4.78, 5) is 30.2. The lowest BCUT2D eigenvalue weighted by Crippen LogP contribution is -2.57. The van der Waals surface area contributed by atoms with Crippen molar-refractivity contribution in [3.05, 3.63) is 59.4 Å². The van der Waals surface area contributed by atoms with Crippen LogP contribution in [0.5, 0.6) is 0 Å². The number of ether oxygens (including phenoxy) is 2. The highest BCUT2D eigenvalue weighted by atomic mass is 16.7. The summed E-state index contributed by atoms with van der Waals surface area (Å²) in [5.74, 6) is 0.402. The number of rotatable bonds is 2. The van der Waals surface area contributed by atoms with Gasteiger partial charge in [0.25, 0.3) is 0 Å². The number of carboxylic acid groups (broad SMARTS) is 1. The molecule has 3 heterocycles. The van der Waals surface area contributed by atoms with Crippen LogP contribution in [0.1, 0.15) is 6.42 Å². The topological polar surface area (TPSA) is 82.5 Å². The lowest BCUT2D eigenvalue weighted by atomic mass is 9.86. The predicted octanol–water partition coefficient (Wildman–Crippen LogP) is 1.46. The zero-order valence-electron chi connectivity index (χ0n) is 16.2. The average Bonchev–Trinajstić information content (AvgIpc) is 2.70. The molecule has 29 heavy (non-hydrogen) atoms. The first-order valence-electron chi connectivity index (χ1n) is 9.85. The fourth-order valence-corrected chi connectivity index (χ4v) is 4.64. The number of fused-ring (bicyclic) bond motifs is 2. The van der Waals surface area contributed by atoms with Crippen LogP contribution < -0.4 is 0 Å². The van der Waals surface area contributed by atoms with Crippen molar-refractivity contribution in [1.29, 1.82) is 0 Å². The molecular formula is C21H23N3O5. The van der Waals surface area contributed by atoms with E-state index in [9.17, 15) is 9.59 Å². The molecule has 0 amide bonds. The minimum absolute atomic E-state index is 0.0864. The van der Waals surface area contributed by atoms with Gasteiger partial charge in [-0.3, -0.25) is 4.79 Å². The molecule has 2 saturated heterocycles. The van der Waals surface area contributed by atoms with Crippen molar-refractivity contribution < 1.29 is 24.2 Å². The van der Waals surface area contributed by atoms with E-state index >= 15 is 0 Å². The van der Waals surface area contributed by atoms with Gasteiger partial charge in [-0.05, 0) is 30.8 Å². The van der Waals surface area contributed by atoms with Gasteiger partial charge in [-0.2, -0.15) is 0 Å². The molecule has 152 valence electrons. The maximum Gasteiger partial charge on any atom is 0.511 e. The molecule has 1 N–H and O–H groups in total. The number of hydrogen-bond donors (Lipinski definition) is 1. The zero-order chi connectivity index (χ0) is 20.1. The molecular weight excluding hydrogens is 374 g/mol. The van der Waals surface area contributed by atoms with E-state index in [0.717, 1.165) is 43.2 Å². The van der Waals surface area contributed by atoms with E-state index in [1.54, 1.807) is 6.08 Å². The smallest absolute Gasteiger partial charge is 0.487 e. The fourth-order valence-electron chi connectivity index (χ4n) is 4.64. The van der Waals surface area contributed by atoms with Crippen molar-refractivity contribution in [1.82, 2.24) is 14.7 Å². The van der Waals surface area contributed by atoms with E-state index in [4.69, 9.17) is 14.6 Å². The van der Waals surface area contributed by atoms with Crippen molar-refractivity contribution in [3.63, 3.8) is 0 Å². The Labute approximate surface area is 168 Å². The molecule has 2 fully saturated rings. The minimum atomic E-state index is -1.48. The Kier molecular flexibility index (Phi) is 4.24. The summed E-state index contributed by atoms with van der Waals surface area (Å²) < 4.78 is 11.2. The van der Waals surface area contributed by atoms with E-state index in [1.807, 2.05) is 12.3 Å². The number of nitrogens with zero attached hydrogens (tertiary/aromatic N) is 3. The highest BCUT2D eigenvalue weighted by Gasteiger charge is 2.47. The van der Waals surface area contributed by atoms with Crippen LogP contribution in [0.25, 0.3) is 0 Å². The SMILES string of the molecule is CN1CCN(C2=C3OC4CC(=O)C(OC(=O)O)=CC4N4C=CC=C(C=C2)C34)CC1. The first kappa shape index (κ1) is 18.1. The van der Waals surface area contributed by atoms with Crippen LogP contribution in [0.2, 0.25) is 0 Å². The molecule has 3 unspecified atom stereocenters. The van der Waals surface area contributed by atoms with Crippen LogP contribution in [0.3, 0.4) is 0 Å². The van der Waals surface area contributed by atoms with Gasteiger partial charge in [0.15, 0.2) is 5.76 Å². The number of likely N-dealkylation sites (N-methyl/N-ethyl adjacent to an activating group) is 1. The summed E-state index contributed by atoms with van der Waals surface area (Å²) in [7, 11) is 2.12. The van der Waals surface area contributed by atoms with Gasteiger partial charge in [0.2, 0.25) is 5.78 Å². The quantitative estimate of drug-likeness (QED) is 0.702. The van der Waals surface area contributed by atoms with Crippen molar-refractivity contribution in [2.24, 2.45) is 0 Å². The number of hydrogen-bond acceptors (Lipinski definition) is 7. The molecule has 3 atom stereocenters. The van der Waals surface area contributed by atoms with Gasteiger partial charge in [-0.15, -0.1) is 0 Å². The Morgan fingerprint density at radius 2 is 2.03 bits per heavy atom. The standard InChI is InChI=1S/C21H23N3O5/c1-22-7-9-23(10-8-22)14-5-4-13-3-2-6-24-15-11-18(29-21(26)27)16(25)12-17(15)28-20(14)19(13)24/h2-6,11,15,17,19H,7-10,12H2,1H3,(H,26,27). The van der Waals surface area contributed by atoms with Crippen LogP contribution in [-0.4, -0.2) is 83.2 Å². The van der Waals surface area contributed by atoms with Crippen LogP contribution in [0.4, 0.5) is 4.79 Å². The van der Waals surface area contributed by atoms with Crippen LogP contribution in [0, 0.1) is 0 Å².